The van der Waals surface area contributed by atoms with E-state index in [-0.39, 0.29) is 5.11 Å². The van der Waals surface area contributed by atoms with Crippen molar-refractivity contribution in [3.63, 3.8) is 0 Å². The summed E-state index contributed by atoms with van der Waals surface area (Å²) in [4.78, 5) is 0. The van der Waals surface area contributed by atoms with E-state index in [4.69, 9.17) is 18.0 Å². The van der Waals surface area contributed by atoms with Crippen molar-refractivity contribution < 1.29 is 0 Å². The lowest BCUT2D eigenvalue weighted by Crippen LogP contribution is -2.32. The fourth-order valence-corrected chi connectivity index (χ4v) is 3.34. The SMILES string of the molecule is CC(C)C1C/C(=N/NC(N)=S)C=C2CCCCC21. The molecule has 0 aromatic heterocycles. The Hall–Kier alpha value is -0.900. The highest BCUT2D eigenvalue weighted by molar-refractivity contribution is 7.80. The van der Waals surface area contributed by atoms with Gasteiger partial charge in [0.15, 0.2) is 5.11 Å². The van der Waals surface area contributed by atoms with Gasteiger partial charge >= 0.3 is 0 Å². The summed E-state index contributed by atoms with van der Waals surface area (Å²) in [6.45, 7) is 4.64. The lowest BCUT2D eigenvalue weighted by Gasteiger charge is -2.38. The van der Waals surface area contributed by atoms with E-state index in [1.165, 1.54) is 25.7 Å². The van der Waals surface area contributed by atoms with Crippen LogP contribution in [0.1, 0.15) is 46.0 Å². The lowest BCUT2D eigenvalue weighted by atomic mass is 9.67. The van der Waals surface area contributed by atoms with Gasteiger partial charge in [-0.1, -0.05) is 25.8 Å². The van der Waals surface area contributed by atoms with Crippen LogP contribution in [0.15, 0.2) is 16.8 Å². The quantitative estimate of drug-likeness (QED) is 0.596. The van der Waals surface area contributed by atoms with Crippen LogP contribution in [0.25, 0.3) is 0 Å². The van der Waals surface area contributed by atoms with Crippen molar-refractivity contribution in [2.45, 2.75) is 46.0 Å². The Bertz CT molecular complexity index is 385. The van der Waals surface area contributed by atoms with Crippen LogP contribution >= 0.6 is 12.2 Å². The molecule has 1 saturated carbocycles. The topological polar surface area (TPSA) is 50.4 Å². The first-order valence-corrected chi connectivity index (χ1v) is 7.31. The summed E-state index contributed by atoms with van der Waals surface area (Å²) >= 11 is 4.80. The van der Waals surface area contributed by atoms with Crippen molar-refractivity contribution >= 4 is 23.0 Å². The smallest absolute Gasteiger partial charge is 0.184 e. The molecule has 2 aliphatic carbocycles. The van der Waals surface area contributed by atoms with Crippen LogP contribution in [-0.2, 0) is 0 Å². The van der Waals surface area contributed by atoms with E-state index in [9.17, 15) is 0 Å². The predicted molar refractivity (Wildman–Crippen MR) is 80.3 cm³/mol. The third kappa shape index (κ3) is 3.10. The van der Waals surface area contributed by atoms with Crippen LogP contribution in [0.4, 0.5) is 0 Å². The number of hydrogen-bond acceptors (Lipinski definition) is 2. The van der Waals surface area contributed by atoms with Crippen molar-refractivity contribution in [1.82, 2.24) is 5.43 Å². The second-order valence-electron chi connectivity index (χ2n) is 5.76. The zero-order valence-electron chi connectivity index (χ0n) is 11.3. The van der Waals surface area contributed by atoms with Gasteiger partial charge in [-0.05, 0) is 61.7 Å². The maximum atomic E-state index is 5.43. The number of fused-ring (bicyclic) bond motifs is 1. The van der Waals surface area contributed by atoms with E-state index >= 15 is 0 Å². The number of nitrogens with zero attached hydrogens (tertiary/aromatic N) is 1. The van der Waals surface area contributed by atoms with Gasteiger partial charge in [0, 0.05) is 0 Å². The number of rotatable bonds is 2. The van der Waals surface area contributed by atoms with Crippen LogP contribution < -0.4 is 11.2 Å². The molecule has 2 rings (SSSR count). The largest absolute Gasteiger partial charge is 0.375 e. The van der Waals surface area contributed by atoms with E-state index < -0.39 is 0 Å². The van der Waals surface area contributed by atoms with E-state index in [1.807, 2.05) is 0 Å². The molecule has 2 aliphatic rings. The van der Waals surface area contributed by atoms with Gasteiger partial charge in [0.25, 0.3) is 0 Å². The minimum Gasteiger partial charge on any atom is -0.375 e. The van der Waals surface area contributed by atoms with Gasteiger partial charge in [-0.3, -0.25) is 5.43 Å². The summed E-state index contributed by atoms with van der Waals surface area (Å²) in [6, 6.07) is 0. The number of hydrazone groups is 1. The first kappa shape index (κ1) is 13.5. The Balaban J connectivity index is 2.20. The van der Waals surface area contributed by atoms with Gasteiger partial charge < -0.3 is 5.73 Å². The van der Waals surface area contributed by atoms with Crippen molar-refractivity contribution in [1.29, 1.82) is 0 Å². The molecule has 4 heteroatoms. The normalized spacial score (nSPS) is 29.9. The molecule has 3 N–H and O–H groups in total. The highest BCUT2D eigenvalue weighted by atomic mass is 32.1. The molecule has 2 atom stereocenters. The Kier molecular flexibility index (Phi) is 4.38. The molecular formula is C14H23N3S. The predicted octanol–water partition coefficient (Wildman–Crippen LogP) is 2.97. The van der Waals surface area contributed by atoms with Gasteiger partial charge in [-0.25, -0.2) is 0 Å². The molecule has 100 valence electrons. The van der Waals surface area contributed by atoms with Gasteiger partial charge in [-0.15, -0.1) is 0 Å². The summed E-state index contributed by atoms with van der Waals surface area (Å²) in [6.07, 6.45) is 8.60. The average molecular weight is 265 g/mol. The molecule has 0 amide bonds. The zero-order chi connectivity index (χ0) is 13.1. The first-order chi connectivity index (χ1) is 8.58. The third-order valence-corrected chi connectivity index (χ3v) is 4.28. The van der Waals surface area contributed by atoms with Crippen LogP contribution in [0.5, 0.6) is 0 Å². The van der Waals surface area contributed by atoms with Crippen LogP contribution in [0.2, 0.25) is 0 Å². The molecule has 1 fully saturated rings. The van der Waals surface area contributed by atoms with E-state index in [0.29, 0.717) is 5.92 Å². The second kappa shape index (κ2) is 5.83. The molecule has 0 aromatic carbocycles. The number of allylic oxidation sites excluding steroid dienone is 2. The highest BCUT2D eigenvalue weighted by Crippen LogP contribution is 2.42. The van der Waals surface area contributed by atoms with Gasteiger partial charge in [0.2, 0.25) is 0 Å². The molecule has 0 bridgehead atoms. The summed E-state index contributed by atoms with van der Waals surface area (Å²) in [7, 11) is 0. The van der Waals surface area contributed by atoms with Crippen molar-refractivity contribution in [3.05, 3.63) is 11.6 Å². The number of nitrogens with one attached hydrogen (secondary N) is 1. The van der Waals surface area contributed by atoms with E-state index in [1.54, 1.807) is 5.57 Å². The average Bonchev–Trinajstić information content (AvgIpc) is 2.35. The van der Waals surface area contributed by atoms with Crippen LogP contribution in [0.3, 0.4) is 0 Å². The Morgan fingerprint density at radius 2 is 2.28 bits per heavy atom. The lowest BCUT2D eigenvalue weighted by molar-refractivity contribution is 0.249. The number of thiocarbonyl (C=S) groups is 1. The molecule has 2 unspecified atom stereocenters. The molecule has 0 aliphatic heterocycles. The Morgan fingerprint density at radius 1 is 1.50 bits per heavy atom. The second-order valence-corrected chi connectivity index (χ2v) is 6.20. The minimum atomic E-state index is 0.243. The van der Waals surface area contributed by atoms with E-state index in [0.717, 1.165) is 24.0 Å². The zero-order valence-corrected chi connectivity index (χ0v) is 12.1. The fourth-order valence-electron chi connectivity index (χ4n) is 3.29. The number of hydrogen-bond donors (Lipinski definition) is 2. The maximum Gasteiger partial charge on any atom is 0.184 e. The summed E-state index contributed by atoms with van der Waals surface area (Å²) < 4.78 is 0. The third-order valence-electron chi connectivity index (χ3n) is 4.19. The van der Waals surface area contributed by atoms with Crippen LogP contribution in [0, 0.1) is 17.8 Å². The molecule has 0 aromatic rings. The summed E-state index contributed by atoms with van der Waals surface area (Å²) in [5, 5.41) is 4.57. The summed E-state index contributed by atoms with van der Waals surface area (Å²) in [5.41, 5.74) is 10.8. The molecule has 0 spiro atoms. The Labute approximate surface area is 115 Å². The molecular weight excluding hydrogens is 242 g/mol. The Morgan fingerprint density at radius 3 is 2.94 bits per heavy atom. The highest BCUT2D eigenvalue weighted by Gasteiger charge is 2.33. The first-order valence-electron chi connectivity index (χ1n) is 6.90. The van der Waals surface area contributed by atoms with Crippen molar-refractivity contribution in [2.24, 2.45) is 28.6 Å². The monoisotopic (exact) mass is 265 g/mol. The van der Waals surface area contributed by atoms with Gasteiger partial charge in [0.05, 0.1) is 5.71 Å². The van der Waals surface area contributed by atoms with Gasteiger partial charge in [0.1, 0.15) is 0 Å². The van der Waals surface area contributed by atoms with Crippen molar-refractivity contribution in [2.75, 3.05) is 0 Å². The van der Waals surface area contributed by atoms with E-state index in [2.05, 4.69) is 30.5 Å². The standard InChI is InChI=1S/C14H23N3S/c1-9(2)13-8-11(16-17-14(15)18)7-10-5-3-4-6-12(10)13/h7,9,12-13H,3-6,8H2,1-2H3,(H3,15,17,18)/b16-11+. The molecule has 3 nitrogen and oxygen atoms in total. The molecule has 18 heavy (non-hydrogen) atoms. The molecule has 0 radical (unpaired) electrons. The fraction of sp³-hybridized carbons (Fsp3) is 0.714. The number of nitrogens with two attached hydrogens (primary N) is 1. The summed E-state index contributed by atoms with van der Waals surface area (Å²) in [5.74, 6) is 2.20. The molecule has 0 heterocycles. The van der Waals surface area contributed by atoms with Gasteiger partial charge in [-0.2, -0.15) is 5.10 Å². The minimum absolute atomic E-state index is 0.243. The molecule has 0 saturated heterocycles. The maximum absolute atomic E-state index is 5.43. The van der Waals surface area contributed by atoms with Crippen molar-refractivity contribution in [3.8, 4) is 0 Å². The van der Waals surface area contributed by atoms with Crippen LogP contribution in [-0.4, -0.2) is 10.8 Å².